The zero-order chi connectivity index (χ0) is 21.0. The number of halogens is 1. The Kier molecular flexibility index (Phi) is 6.61. The average Bonchev–Trinajstić information content (AvgIpc) is 2.70. The van der Waals surface area contributed by atoms with Gasteiger partial charge in [0, 0.05) is 31.0 Å². The summed E-state index contributed by atoms with van der Waals surface area (Å²) < 4.78 is 33.2. The van der Waals surface area contributed by atoms with E-state index in [0.29, 0.717) is 29.5 Å². The Bertz CT molecular complexity index is 1060. The molecule has 0 aliphatic carbocycles. The zero-order valence-corrected chi connectivity index (χ0v) is 17.5. The van der Waals surface area contributed by atoms with E-state index in [1.165, 1.54) is 29.7 Å². The number of rotatable bonds is 6. The summed E-state index contributed by atoms with van der Waals surface area (Å²) in [6, 6.07) is 7.19. The number of sulfonamides is 1. The van der Waals surface area contributed by atoms with Crippen molar-refractivity contribution in [3.05, 3.63) is 51.9 Å². The van der Waals surface area contributed by atoms with E-state index >= 15 is 0 Å². The Morgan fingerprint density at radius 2 is 1.90 bits per heavy atom. The molecule has 1 aliphatic heterocycles. The molecule has 3 rings (SSSR count). The van der Waals surface area contributed by atoms with Crippen molar-refractivity contribution in [3.8, 4) is 5.75 Å². The lowest BCUT2D eigenvalue weighted by atomic mass is 10.2. The molecule has 1 fully saturated rings. The molecule has 1 N–H and O–H groups in total. The van der Waals surface area contributed by atoms with Gasteiger partial charge in [0.15, 0.2) is 0 Å². The van der Waals surface area contributed by atoms with Crippen LogP contribution in [-0.2, 0) is 21.4 Å². The number of hydrogen-bond acceptors (Lipinski definition) is 5. The molecule has 0 spiro atoms. The highest BCUT2D eigenvalue weighted by Crippen LogP contribution is 2.27. The molecule has 8 nitrogen and oxygen atoms in total. The topological polar surface area (TPSA) is 97.7 Å². The van der Waals surface area contributed by atoms with Gasteiger partial charge in [0.25, 0.3) is 5.56 Å². The number of carbonyl (C=O) groups excluding carboxylic acids is 1. The maximum Gasteiger partial charge on any atom is 0.251 e. The van der Waals surface area contributed by atoms with Gasteiger partial charge in [0.05, 0.1) is 17.0 Å². The van der Waals surface area contributed by atoms with Crippen LogP contribution in [0.4, 0.5) is 5.69 Å². The number of anilines is 1. The normalized spacial score (nSPS) is 15.1. The molecule has 1 aromatic carbocycles. The molecule has 1 aliphatic rings. The molecule has 0 saturated carbocycles. The fourth-order valence-electron chi connectivity index (χ4n) is 3.14. The fourth-order valence-corrected chi connectivity index (χ4v) is 4.93. The van der Waals surface area contributed by atoms with Crippen molar-refractivity contribution in [2.45, 2.75) is 30.7 Å². The molecule has 1 aromatic heterocycles. The van der Waals surface area contributed by atoms with Crippen LogP contribution in [0.3, 0.4) is 0 Å². The van der Waals surface area contributed by atoms with E-state index in [1.807, 2.05) is 0 Å². The predicted molar refractivity (Wildman–Crippen MR) is 110 cm³/mol. The second kappa shape index (κ2) is 8.98. The lowest BCUT2D eigenvalue weighted by Gasteiger charge is -2.26. The van der Waals surface area contributed by atoms with E-state index in [-0.39, 0.29) is 11.4 Å². The lowest BCUT2D eigenvalue weighted by Crippen LogP contribution is -2.36. The minimum absolute atomic E-state index is 0.000656. The molecular weight excluding hydrogens is 418 g/mol. The van der Waals surface area contributed by atoms with Gasteiger partial charge >= 0.3 is 0 Å². The number of methoxy groups -OCH3 is 1. The van der Waals surface area contributed by atoms with Crippen LogP contribution in [0, 0.1) is 0 Å². The van der Waals surface area contributed by atoms with Gasteiger partial charge in [-0.25, -0.2) is 8.42 Å². The Balaban J connectivity index is 1.77. The summed E-state index contributed by atoms with van der Waals surface area (Å²) in [4.78, 5) is 24.5. The summed E-state index contributed by atoms with van der Waals surface area (Å²) in [6.07, 6.45) is 3.84. The first-order valence-electron chi connectivity index (χ1n) is 9.15. The van der Waals surface area contributed by atoms with Gasteiger partial charge in [-0.05, 0) is 37.1 Å². The van der Waals surface area contributed by atoms with Crippen LogP contribution in [0.5, 0.6) is 5.75 Å². The number of hydrogen-bond donors (Lipinski definition) is 1. The first kappa shape index (κ1) is 21.4. The number of amides is 1. The van der Waals surface area contributed by atoms with Crippen molar-refractivity contribution in [1.82, 2.24) is 8.87 Å². The quantitative estimate of drug-likeness (QED) is 0.744. The second-order valence-corrected chi connectivity index (χ2v) is 9.04. The minimum Gasteiger partial charge on any atom is -0.495 e. The maximum atomic E-state index is 12.8. The minimum atomic E-state index is -3.70. The molecule has 10 heteroatoms. The number of benzene rings is 1. The molecule has 0 bridgehead atoms. The molecular formula is C19H22ClN3O5S. The Morgan fingerprint density at radius 1 is 1.17 bits per heavy atom. The van der Waals surface area contributed by atoms with Crippen LogP contribution >= 0.6 is 11.6 Å². The first-order chi connectivity index (χ1) is 13.8. The highest BCUT2D eigenvalue weighted by molar-refractivity contribution is 7.89. The molecule has 29 heavy (non-hydrogen) atoms. The number of nitrogens with one attached hydrogen (secondary N) is 1. The maximum absolute atomic E-state index is 12.8. The van der Waals surface area contributed by atoms with E-state index in [0.717, 1.165) is 29.9 Å². The van der Waals surface area contributed by atoms with E-state index in [1.54, 1.807) is 12.1 Å². The van der Waals surface area contributed by atoms with Crippen LogP contribution in [-0.4, -0.2) is 43.4 Å². The van der Waals surface area contributed by atoms with Gasteiger partial charge in [-0.2, -0.15) is 4.31 Å². The van der Waals surface area contributed by atoms with Gasteiger partial charge in [-0.15, -0.1) is 0 Å². The molecule has 1 saturated heterocycles. The highest BCUT2D eigenvalue weighted by atomic mass is 35.5. The van der Waals surface area contributed by atoms with Crippen LogP contribution in [0.2, 0.25) is 5.02 Å². The van der Waals surface area contributed by atoms with Gasteiger partial charge in [0.1, 0.15) is 12.3 Å². The average molecular weight is 440 g/mol. The highest BCUT2D eigenvalue weighted by Gasteiger charge is 2.26. The van der Waals surface area contributed by atoms with Gasteiger partial charge in [-0.1, -0.05) is 18.0 Å². The number of aromatic nitrogens is 1. The van der Waals surface area contributed by atoms with Crippen molar-refractivity contribution < 1.29 is 17.9 Å². The van der Waals surface area contributed by atoms with Crippen molar-refractivity contribution in [2.75, 3.05) is 25.5 Å². The molecule has 2 aromatic rings. The monoisotopic (exact) mass is 439 g/mol. The fraction of sp³-hybridized carbons (Fsp3) is 0.368. The number of piperidine rings is 1. The van der Waals surface area contributed by atoms with Gasteiger partial charge in [-0.3, -0.25) is 9.59 Å². The van der Waals surface area contributed by atoms with Gasteiger partial charge < -0.3 is 14.6 Å². The molecule has 156 valence electrons. The molecule has 0 atom stereocenters. The Morgan fingerprint density at radius 3 is 2.55 bits per heavy atom. The van der Waals surface area contributed by atoms with Crippen molar-refractivity contribution in [3.63, 3.8) is 0 Å². The standard InChI is InChI=1S/C19H22ClN3O5S/c1-28-17-7-5-14(11-16(17)20)21-18(24)13-22-12-15(6-8-19(22)25)29(26,27)23-9-3-2-4-10-23/h5-8,11-12H,2-4,9-10,13H2,1H3,(H,21,24). The van der Waals surface area contributed by atoms with Crippen LogP contribution in [0.15, 0.2) is 46.2 Å². The summed E-state index contributed by atoms with van der Waals surface area (Å²) in [5, 5.41) is 2.96. The lowest BCUT2D eigenvalue weighted by molar-refractivity contribution is -0.116. The van der Waals surface area contributed by atoms with Crippen LogP contribution < -0.4 is 15.6 Å². The molecule has 0 radical (unpaired) electrons. The SMILES string of the molecule is COc1ccc(NC(=O)Cn2cc(S(=O)(=O)N3CCCCC3)ccc2=O)cc1Cl. The Hall–Kier alpha value is -2.36. The third-order valence-corrected chi connectivity index (χ3v) is 6.84. The smallest absolute Gasteiger partial charge is 0.251 e. The second-order valence-electron chi connectivity index (χ2n) is 6.69. The van der Waals surface area contributed by atoms with E-state index in [2.05, 4.69) is 5.32 Å². The van der Waals surface area contributed by atoms with Crippen molar-refractivity contribution >= 4 is 33.2 Å². The van der Waals surface area contributed by atoms with E-state index in [9.17, 15) is 18.0 Å². The molecule has 1 amide bonds. The molecule has 0 unspecified atom stereocenters. The summed E-state index contributed by atoms with van der Waals surface area (Å²) in [5.41, 5.74) is -0.0311. The molecule has 2 heterocycles. The van der Waals surface area contributed by atoms with Crippen molar-refractivity contribution in [2.24, 2.45) is 0 Å². The van der Waals surface area contributed by atoms with Crippen LogP contribution in [0.1, 0.15) is 19.3 Å². The summed E-state index contributed by atoms with van der Waals surface area (Å²) in [7, 11) is -2.22. The number of carbonyl (C=O) groups is 1. The summed E-state index contributed by atoms with van der Waals surface area (Å²) in [6.45, 7) is 0.589. The van der Waals surface area contributed by atoms with Crippen LogP contribution in [0.25, 0.3) is 0 Å². The largest absolute Gasteiger partial charge is 0.495 e. The first-order valence-corrected chi connectivity index (χ1v) is 11.0. The summed E-state index contributed by atoms with van der Waals surface area (Å²) in [5.74, 6) is -0.0163. The van der Waals surface area contributed by atoms with Crippen molar-refractivity contribution in [1.29, 1.82) is 0 Å². The summed E-state index contributed by atoms with van der Waals surface area (Å²) >= 11 is 6.04. The van der Waals surface area contributed by atoms with Gasteiger partial charge in [0.2, 0.25) is 15.9 Å². The third kappa shape index (κ3) is 4.98. The third-order valence-electron chi connectivity index (χ3n) is 4.66. The number of ether oxygens (including phenoxy) is 1. The number of nitrogens with zero attached hydrogens (tertiary/aromatic N) is 2. The predicted octanol–water partition coefficient (Wildman–Crippen LogP) is 2.32. The zero-order valence-electron chi connectivity index (χ0n) is 15.9. The Labute approximate surface area is 174 Å². The van der Waals surface area contributed by atoms with E-state index in [4.69, 9.17) is 16.3 Å². The van der Waals surface area contributed by atoms with E-state index < -0.39 is 21.5 Å². The number of pyridine rings is 1.